The Balaban J connectivity index is 3.67. The number of ether oxygens (including phenoxy) is 1. The van der Waals surface area contributed by atoms with E-state index in [0.717, 1.165) is 19.2 Å². The van der Waals surface area contributed by atoms with E-state index in [2.05, 4.69) is 11.3 Å². The van der Waals surface area contributed by atoms with Crippen LogP contribution in [-0.2, 0) is 6.18 Å². The van der Waals surface area contributed by atoms with E-state index < -0.39 is 28.1 Å². The lowest BCUT2D eigenvalue weighted by Gasteiger charge is -2.13. The molecule has 1 aromatic carbocycles. The van der Waals surface area contributed by atoms with E-state index in [9.17, 15) is 23.3 Å². The maximum atomic E-state index is 12.8. The molecule has 0 fully saturated rings. The average molecular weight is 261 g/mol. The Morgan fingerprint density at radius 1 is 1.44 bits per heavy atom. The third kappa shape index (κ3) is 2.61. The van der Waals surface area contributed by atoms with Crippen molar-refractivity contribution in [3.05, 3.63) is 40.0 Å². The first-order valence-electron chi connectivity index (χ1n) is 4.78. The number of hydrogen-bond acceptors (Lipinski definition) is 3. The lowest BCUT2D eigenvalue weighted by Crippen LogP contribution is -2.10. The summed E-state index contributed by atoms with van der Waals surface area (Å²) in [6, 6.07) is 1.80. The van der Waals surface area contributed by atoms with E-state index in [1.807, 2.05) is 0 Å². The Morgan fingerprint density at radius 3 is 2.33 bits per heavy atom. The van der Waals surface area contributed by atoms with Crippen LogP contribution in [0.5, 0.6) is 5.75 Å². The topological polar surface area (TPSA) is 52.4 Å². The highest BCUT2D eigenvalue weighted by atomic mass is 19.4. The van der Waals surface area contributed by atoms with Crippen molar-refractivity contribution in [2.45, 2.75) is 13.1 Å². The molecule has 1 aromatic rings. The minimum atomic E-state index is -4.73. The molecule has 0 unspecified atom stereocenters. The minimum Gasteiger partial charge on any atom is -0.490 e. The van der Waals surface area contributed by atoms with E-state index in [1.165, 1.54) is 6.92 Å². The van der Waals surface area contributed by atoms with Gasteiger partial charge in [0.2, 0.25) is 5.75 Å². The molecular weight excluding hydrogens is 251 g/mol. The number of nitrogens with zero attached hydrogens (tertiary/aromatic N) is 1. The number of halogens is 3. The summed E-state index contributed by atoms with van der Waals surface area (Å²) >= 11 is 0. The van der Waals surface area contributed by atoms with E-state index in [-0.39, 0.29) is 5.56 Å². The fraction of sp³-hybridized carbons (Fsp3) is 0.273. The van der Waals surface area contributed by atoms with E-state index >= 15 is 0 Å². The lowest BCUT2D eigenvalue weighted by atomic mass is 10.0. The summed E-state index contributed by atoms with van der Waals surface area (Å²) in [5.41, 5.74) is -1.57. The van der Waals surface area contributed by atoms with Crippen LogP contribution in [0.2, 0.25) is 0 Å². The molecule has 0 aromatic heterocycles. The van der Waals surface area contributed by atoms with Crippen molar-refractivity contribution in [1.29, 1.82) is 0 Å². The minimum absolute atomic E-state index is 0.0508. The molecule has 0 spiro atoms. The van der Waals surface area contributed by atoms with Crippen molar-refractivity contribution in [3.63, 3.8) is 0 Å². The highest BCUT2D eigenvalue weighted by Crippen LogP contribution is 2.43. The van der Waals surface area contributed by atoms with Gasteiger partial charge < -0.3 is 4.74 Å². The second-order valence-corrected chi connectivity index (χ2v) is 3.61. The van der Waals surface area contributed by atoms with Crippen LogP contribution in [0.4, 0.5) is 18.9 Å². The fourth-order valence-electron chi connectivity index (χ4n) is 1.42. The van der Waals surface area contributed by atoms with Gasteiger partial charge in [-0.3, -0.25) is 10.1 Å². The van der Waals surface area contributed by atoms with Gasteiger partial charge in [0.15, 0.2) is 0 Å². The first-order valence-corrected chi connectivity index (χ1v) is 4.78. The number of nitro benzene ring substituents is 1. The normalized spacial score (nSPS) is 11.2. The maximum Gasteiger partial charge on any atom is 0.420 e. The van der Waals surface area contributed by atoms with Crippen molar-refractivity contribution < 1.29 is 22.8 Å². The third-order valence-corrected chi connectivity index (χ3v) is 2.27. The molecule has 0 N–H and O–H groups in total. The van der Waals surface area contributed by atoms with Crippen LogP contribution < -0.4 is 4.74 Å². The van der Waals surface area contributed by atoms with E-state index in [0.29, 0.717) is 5.57 Å². The molecule has 1 rings (SSSR count). The highest BCUT2D eigenvalue weighted by Gasteiger charge is 2.38. The molecule has 0 saturated heterocycles. The monoisotopic (exact) mass is 261 g/mol. The molecule has 0 bridgehead atoms. The van der Waals surface area contributed by atoms with Crippen molar-refractivity contribution in [1.82, 2.24) is 0 Å². The lowest BCUT2D eigenvalue weighted by molar-refractivity contribution is -0.386. The molecule has 98 valence electrons. The van der Waals surface area contributed by atoms with Gasteiger partial charge >= 0.3 is 11.9 Å². The number of allylic oxidation sites excluding steroid dienone is 1. The molecule has 0 radical (unpaired) electrons. The summed E-state index contributed by atoms with van der Waals surface area (Å²) in [6.45, 7) is 4.94. The Morgan fingerprint density at radius 2 is 2.00 bits per heavy atom. The van der Waals surface area contributed by atoms with Gasteiger partial charge in [0.1, 0.15) is 5.56 Å². The van der Waals surface area contributed by atoms with E-state index in [1.54, 1.807) is 0 Å². The molecule has 18 heavy (non-hydrogen) atoms. The van der Waals surface area contributed by atoms with Crippen molar-refractivity contribution in [2.24, 2.45) is 0 Å². The van der Waals surface area contributed by atoms with Crippen LogP contribution in [0.3, 0.4) is 0 Å². The van der Waals surface area contributed by atoms with Gasteiger partial charge in [0.05, 0.1) is 12.0 Å². The Bertz CT molecular complexity index is 509. The second-order valence-electron chi connectivity index (χ2n) is 3.61. The largest absolute Gasteiger partial charge is 0.490 e. The number of rotatable bonds is 3. The van der Waals surface area contributed by atoms with Gasteiger partial charge in [-0.15, -0.1) is 0 Å². The van der Waals surface area contributed by atoms with Gasteiger partial charge in [0, 0.05) is 6.07 Å². The SMILES string of the molecule is C=C(C)c1cc([N+](=O)[O-])c(OC)c(C(F)(F)F)c1. The summed E-state index contributed by atoms with van der Waals surface area (Å²) in [7, 11) is 0.956. The number of alkyl halides is 3. The highest BCUT2D eigenvalue weighted by molar-refractivity contribution is 5.68. The molecule has 0 amide bonds. The summed E-state index contributed by atoms with van der Waals surface area (Å²) in [5, 5.41) is 10.8. The molecule has 4 nitrogen and oxygen atoms in total. The first-order chi connectivity index (χ1) is 8.18. The summed E-state index contributed by atoms with van der Waals surface area (Å²) in [6.07, 6.45) is -4.73. The van der Waals surface area contributed by atoms with Gasteiger partial charge in [-0.2, -0.15) is 13.2 Å². The molecule has 0 heterocycles. The third-order valence-electron chi connectivity index (χ3n) is 2.27. The van der Waals surface area contributed by atoms with Gasteiger partial charge in [0.25, 0.3) is 0 Å². The zero-order valence-corrected chi connectivity index (χ0v) is 9.67. The second kappa shape index (κ2) is 4.67. The smallest absolute Gasteiger partial charge is 0.420 e. The van der Waals surface area contributed by atoms with Crippen molar-refractivity contribution in [2.75, 3.05) is 7.11 Å². The van der Waals surface area contributed by atoms with Crippen molar-refractivity contribution in [3.8, 4) is 5.75 Å². The summed E-state index contributed by atoms with van der Waals surface area (Å²) < 4.78 is 42.9. The molecule has 7 heteroatoms. The number of nitro groups is 1. The zero-order chi connectivity index (χ0) is 14.1. The predicted molar refractivity (Wildman–Crippen MR) is 59.4 cm³/mol. The van der Waals surface area contributed by atoms with Gasteiger partial charge in [-0.1, -0.05) is 12.2 Å². The van der Waals surface area contributed by atoms with Crippen LogP contribution >= 0.6 is 0 Å². The zero-order valence-electron chi connectivity index (χ0n) is 9.67. The van der Waals surface area contributed by atoms with Crippen LogP contribution in [0, 0.1) is 10.1 Å². The number of benzene rings is 1. The standard InChI is InChI=1S/C11H10F3NO3/c1-6(2)7-4-8(11(12,13)14)10(18-3)9(5-7)15(16)17/h4-5H,1H2,2-3H3. The van der Waals surface area contributed by atoms with Crippen LogP contribution in [0.1, 0.15) is 18.1 Å². The quantitative estimate of drug-likeness (QED) is 0.616. The molecule has 0 saturated carbocycles. The summed E-state index contributed by atoms with van der Waals surface area (Å²) in [5.74, 6) is -0.794. The van der Waals surface area contributed by atoms with Crippen LogP contribution in [0.15, 0.2) is 18.7 Å². The molecule has 0 atom stereocenters. The molecule has 0 aliphatic heterocycles. The number of hydrogen-bond donors (Lipinski definition) is 0. The molecule has 0 aliphatic rings. The maximum absolute atomic E-state index is 12.8. The predicted octanol–water partition coefficient (Wildman–Crippen LogP) is 3.66. The fourth-order valence-corrected chi connectivity index (χ4v) is 1.42. The van der Waals surface area contributed by atoms with E-state index in [4.69, 9.17) is 0 Å². The van der Waals surface area contributed by atoms with Crippen molar-refractivity contribution >= 4 is 11.3 Å². The Hall–Kier alpha value is -2.05. The average Bonchev–Trinajstić information content (AvgIpc) is 2.25. The Labute approximate surface area is 101 Å². The first kappa shape index (κ1) is 14.0. The number of methoxy groups -OCH3 is 1. The summed E-state index contributed by atoms with van der Waals surface area (Å²) in [4.78, 5) is 9.85. The van der Waals surface area contributed by atoms with Crippen LogP contribution in [-0.4, -0.2) is 12.0 Å². The Kier molecular flexibility index (Phi) is 3.64. The molecule has 0 aliphatic carbocycles. The van der Waals surface area contributed by atoms with Crippen LogP contribution in [0.25, 0.3) is 5.57 Å². The molecular formula is C11H10F3NO3. The van der Waals surface area contributed by atoms with Gasteiger partial charge in [-0.25, -0.2) is 0 Å². The van der Waals surface area contributed by atoms with Gasteiger partial charge in [-0.05, 0) is 18.6 Å².